The predicted octanol–water partition coefficient (Wildman–Crippen LogP) is 3.67. The molecule has 0 aliphatic carbocycles. The van der Waals surface area contributed by atoms with Crippen LogP contribution in [-0.4, -0.2) is 28.3 Å². The van der Waals surface area contributed by atoms with Crippen LogP contribution >= 0.6 is 11.8 Å². The van der Waals surface area contributed by atoms with Crippen LogP contribution in [0.5, 0.6) is 5.75 Å². The molecular weight excluding hydrogens is 374 g/mol. The average molecular weight is 395 g/mol. The Bertz CT molecular complexity index is 1020. The van der Waals surface area contributed by atoms with Crippen LogP contribution in [0.25, 0.3) is 11.3 Å². The molecule has 0 atom stereocenters. The molecule has 1 heterocycles. The maximum atomic E-state index is 12.7. The zero-order valence-corrected chi connectivity index (χ0v) is 16.5. The molecule has 1 N–H and O–H groups in total. The number of rotatable bonds is 7. The number of amides is 1. The monoisotopic (exact) mass is 395 g/mol. The van der Waals surface area contributed by atoms with Crippen LogP contribution < -0.4 is 15.6 Å². The Morgan fingerprint density at radius 2 is 1.86 bits per heavy atom. The summed E-state index contributed by atoms with van der Waals surface area (Å²) in [5.41, 5.74) is 1.75. The standard InChI is InChI=1S/C21H21N3O3S/c1-3-27-18-12-8-7-11-16(18)22-19(25)14-24-20(26)13-17(23-21(24)28-2)15-9-5-4-6-10-15/h4-13H,3,14H2,1-2H3,(H,22,25). The van der Waals surface area contributed by atoms with Crippen LogP contribution in [-0.2, 0) is 11.3 Å². The van der Waals surface area contributed by atoms with Crippen molar-refractivity contribution in [3.63, 3.8) is 0 Å². The first-order valence-electron chi connectivity index (χ1n) is 8.85. The lowest BCUT2D eigenvalue weighted by molar-refractivity contribution is -0.116. The van der Waals surface area contributed by atoms with Gasteiger partial charge in [-0.05, 0) is 25.3 Å². The van der Waals surface area contributed by atoms with Crippen LogP contribution in [0.1, 0.15) is 6.92 Å². The second kappa shape index (κ2) is 9.23. The van der Waals surface area contributed by atoms with Gasteiger partial charge in [-0.25, -0.2) is 4.98 Å². The third-order valence-corrected chi connectivity index (χ3v) is 4.66. The van der Waals surface area contributed by atoms with E-state index in [1.807, 2.05) is 55.6 Å². The maximum Gasteiger partial charge on any atom is 0.255 e. The highest BCUT2D eigenvalue weighted by Crippen LogP contribution is 2.24. The van der Waals surface area contributed by atoms with Gasteiger partial charge >= 0.3 is 0 Å². The number of thioether (sulfide) groups is 1. The molecule has 0 saturated carbocycles. The van der Waals surface area contributed by atoms with Crippen LogP contribution in [0, 0.1) is 0 Å². The highest BCUT2D eigenvalue weighted by Gasteiger charge is 2.14. The molecule has 0 unspecified atom stereocenters. The second-order valence-corrected chi connectivity index (χ2v) is 6.67. The van der Waals surface area contributed by atoms with Crippen molar-refractivity contribution in [3.8, 4) is 17.0 Å². The Labute approximate surface area is 167 Å². The molecule has 0 spiro atoms. The van der Waals surface area contributed by atoms with Gasteiger partial charge in [0, 0.05) is 11.6 Å². The van der Waals surface area contributed by atoms with Gasteiger partial charge in [-0.3, -0.25) is 14.2 Å². The molecule has 0 aliphatic heterocycles. The molecule has 1 aromatic heterocycles. The SMILES string of the molecule is CCOc1ccccc1NC(=O)Cn1c(SC)nc(-c2ccccc2)cc1=O. The summed E-state index contributed by atoms with van der Waals surface area (Å²) in [7, 11) is 0. The molecule has 7 heteroatoms. The smallest absolute Gasteiger partial charge is 0.255 e. The highest BCUT2D eigenvalue weighted by molar-refractivity contribution is 7.98. The van der Waals surface area contributed by atoms with Crippen molar-refractivity contribution < 1.29 is 9.53 Å². The number of nitrogens with zero attached hydrogens (tertiary/aromatic N) is 2. The largest absolute Gasteiger partial charge is 0.492 e. The summed E-state index contributed by atoms with van der Waals surface area (Å²) in [5.74, 6) is 0.271. The predicted molar refractivity (Wildman–Crippen MR) is 112 cm³/mol. The number of hydrogen-bond acceptors (Lipinski definition) is 5. The molecule has 0 saturated heterocycles. The van der Waals surface area contributed by atoms with E-state index in [-0.39, 0.29) is 18.0 Å². The lowest BCUT2D eigenvalue weighted by Gasteiger charge is -2.14. The molecule has 3 rings (SSSR count). The summed E-state index contributed by atoms with van der Waals surface area (Å²) >= 11 is 1.33. The van der Waals surface area contributed by atoms with Gasteiger partial charge in [0.05, 0.1) is 18.0 Å². The van der Waals surface area contributed by atoms with Crippen molar-refractivity contribution in [1.82, 2.24) is 9.55 Å². The molecule has 0 fully saturated rings. The first kappa shape index (κ1) is 19.7. The number of hydrogen-bond donors (Lipinski definition) is 1. The molecule has 6 nitrogen and oxygen atoms in total. The van der Waals surface area contributed by atoms with Crippen LogP contribution in [0.15, 0.2) is 70.6 Å². The topological polar surface area (TPSA) is 73.2 Å². The minimum absolute atomic E-state index is 0.127. The third-order valence-electron chi connectivity index (χ3n) is 3.99. The summed E-state index contributed by atoms with van der Waals surface area (Å²) in [4.78, 5) is 29.8. The van der Waals surface area contributed by atoms with Gasteiger partial charge in [-0.15, -0.1) is 0 Å². The molecule has 3 aromatic rings. The van der Waals surface area contributed by atoms with Gasteiger partial charge in [0.15, 0.2) is 5.16 Å². The van der Waals surface area contributed by atoms with E-state index in [4.69, 9.17) is 4.74 Å². The zero-order chi connectivity index (χ0) is 19.9. The van der Waals surface area contributed by atoms with E-state index in [1.54, 1.807) is 12.1 Å². The minimum Gasteiger partial charge on any atom is -0.492 e. The normalized spacial score (nSPS) is 10.5. The fourth-order valence-electron chi connectivity index (χ4n) is 2.73. The molecule has 144 valence electrons. The number of para-hydroxylation sites is 2. The molecule has 28 heavy (non-hydrogen) atoms. The molecule has 0 aliphatic rings. The van der Waals surface area contributed by atoms with E-state index in [0.717, 1.165) is 5.56 Å². The Hall–Kier alpha value is -3.06. The Balaban J connectivity index is 1.84. The van der Waals surface area contributed by atoms with E-state index >= 15 is 0 Å². The maximum absolute atomic E-state index is 12.7. The van der Waals surface area contributed by atoms with Gasteiger partial charge in [-0.2, -0.15) is 0 Å². The summed E-state index contributed by atoms with van der Waals surface area (Å²) < 4.78 is 6.89. The van der Waals surface area contributed by atoms with Crippen molar-refractivity contribution in [3.05, 3.63) is 71.0 Å². The number of nitrogens with one attached hydrogen (secondary N) is 1. The van der Waals surface area contributed by atoms with Crippen molar-refractivity contribution in [2.24, 2.45) is 0 Å². The van der Waals surface area contributed by atoms with Crippen LogP contribution in [0.3, 0.4) is 0 Å². The average Bonchev–Trinajstić information content (AvgIpc) is 2.71. The lowest BCUT2D eigenvalue weighted by atomic mass is 10.1. The van der Waals surface area contributed by atoms with Crippen molar-refractivity contribution in [1.29, 1.82) is 0 Å². The third kappa shape index (κ3) is 4.61. The summed E-state index contributed by atoms with van der Waals surface area (Å²) in [6.45, 7) is 2.24. The number of carbonyl (C=O) groups is 1. The number of benzene rings is 2. The summed E-state index contributed by atoms with van der Waals surface area (Å²) in [6, 6.07) is 18.1. The molecule has 0 bridgehead atoms. The van der Waals surface area contributed by atoms with Gasteiger partial charge in [0.25, 0.3) is 5.56 Å². The lowest BCUT2D eigenvalue weighted by Crippen LogP contribution is -2.29. The summed E-state index contributed by atoms with van der Waals surface area (Å²) in [5, 5.41) is 3.29. The molecule has 0 radical (unpaired) electrons. The second-order valence-electron chi connectivity index (χ2n) is 5.90. The van der Waals surface area contributed by atoms with Crippen LogP contribution in [0.4, 0.5) is 5.69 Å². The van der Waals surface area contributed by atoms with Gasteiger partial charge < -0.3 is 10.1 Å². The fourth-order valence-corrected chi connectivity index (χ4v) is 3.29. The van der Waals surface area contributed by atoms with E-state index in [0.29, 0.717) is 28.9 Å². The Morgan fingerprint density at radius 1 is 1.14 bits per heavy atom. The van der Waals surface area contributed by atoms with Crippen molar-refractivity contribution in [2.75, 3.05) is 18.2 Å². The van der Waals surface area contributed by atoms with E-state index in [2.05, 4.69) is 10.3 Å². The van der Waals surface area contributed by atoms with E-state index in [1.165, 1.54) is 22.4 Å². The highest BCUT2D eigenvalue weighted by atomic mass is 32.2. The van der Waals surface area contributed by atoms with Gasteiger partial charge in [0.1, 0.15) is 12.3 Å². The zero-order valence-electron chi connectivity index (χ0n) is 15.7. The first-order valence-corrected chi connectivity index (χ1v) is 10.1. The Kier molecular flexibility index (Phi) is 6.49. The van der Waals surface area contributed by atoms with Gasteiger partial charge in [0.2, 0.25) is 5.91 Å². The summed E-state index contributed by atoms with van der Waals surface area (Å²) in [6.07, 6.45) is 1.83. The van der Waals surface area contributed by atoms with Crippen LogP contribution in [0.2, 0.25) is 0 Å². The Morgan fingerprint density at radius 3 is 2.57 bits per heavy atom. The number of anilines is 1. The number of ether oxygens (including phenoxy) is 1. The first-order chi connectivity index (χ1) is 13.6. The van der Waals surface area contributed by atoms with E-state index < -0.39 is 0 Å². The minimum atomic E-state index is -0.321. The quantitative estimate of drug-likeness (QED) is 0.488. The van der Waals surface area contributed by atoms with Gasteiger partial charge in [-0.1, -0.05) is 54.2 Å². The van der Waals surface area contributed by atoms with Crippen molar-refractivity contribution in [2.45, 2.75) is 18.6 Å². The molecule has 2 aromatic carbocycles. The number of aromatic nitrogens is 2. The van der Waals surface area contributed by atoms with E-state index in [9.17, 15) is 9.59 Å². The molecule has 1 amide bonds. The number of carbonyl (C=O) groups excluding carboxylic acids is 1. The van der Waals surface area contributed by atoms with Crippen molar-refractivity contribution >= 4 is 23.4 Å². The fraction of sp³-hybridized carbons (Fsp3) is 0.190. The molecular formula is C21H21N3O3S.